The average molecular weight is 204 g/mol. The summed E-state index contributed by atoms with van der Waals surface area (Å²) in [5.41, 5.74) is 4.08. The first-order chi connectivity index (χ1) is 7.31. The number of halogens is 1. The van der Waals surface area contributed by atoms with Crippen LogP contribution in [0.1, 0.15) is 0 Å². The van der Waals surface area contributed by atoms with Gasteiger partial charge in [0.1, 0.15) is 0 Å². The lowest BCUT2D eigenvalue weighted by Crippen LogP contribution is -2.06. The standard InChI is InChI=1S/C10H9FN4/c11-9-6-13-3-2-8(9)10-5-7(15-12)1-4-14-10/h1-6H,12H2,(H,14,15). The van der Waals surface area contributed by atoms with E-state index in [-0.39, 0.29) is 0 Å². The zero-order valence-electron chi connectivity index (χ0n) is 7.81. The SMILES string of the molecule is NNc1ccnc(-c2ccncc2F)c1. The Bertz CT molecular complexity index is 472. The summed E-state index contributed by atoms with van der Waals surface area (Å²) in [6.45, 7) is 0. The number of hydrazine groups is 1. The van der Waals surface area contributed by atoms with Crippen molar-refractivity contribution in [2.24, 2.45) is 5.84 Å². The Morgan fingerprint density at radius 3 is 2.87 bits per heavy atom. The van der Waals surface area contributed by atoms with Crippen molar-refractivity contribution in [1.82, 2.24) is 9.97 Å². The molecular formula is C10H9FN4. The Hall–Kier alpha value is -2.01. The number of nitrogen functional groups attached to an aromatic ring is 1. The van der Waals surface area contributed by atoms with Gasteiger partial charge in [0.25, 0.3) is 0 Å². The van der Waals surface area contributed by atoms with Gasteiger partial charge in [0.05, 0.1) is 17.6 Å². The molecule has 0 saturated heterocycles. The predicted octanol–water partition coefficient (Wildman–Crippen LogP) is 1.57. The molecule has 2 heterocycles. The van der Waals surface area contributed by atoms with Gasteiger partial charge >= 0.3 is 0 Å². The number of hydrogen-bond donors (Lipinski definition) is 2. The molecule has 0 aliphatic carbocycles. The van der Waals surface area contributed by atoms with Crippen molar-refractivity contribution in [1.29, 1.82) is 0 Å². The van der Waals surface area contributed by atoms with Crippen molar-refractivity contribution in [2.75, 3.05) is 5.43 Å². The van der Waals surface area contributed by atoms with Crippen LogP contribution >= 0.6 is 0 Å². The summed E-state index contributed by atoms with van der Waals surface area (Å²) in [6, 6.07) is 4.93. The van der Waals surface area contributed by atoms with Gasteiger partial charge in [-0.1, -0.05) is 0 Å². The third-order valence-electron chi connectivity index (χ3n) is 1.98. The monoisotopic (exact) mass is 204 g/mol. The number of nitrogens with two attached hydrogens (primary N) is 1. The summed E-state index contributed by atoms with van der Waals surface area (Å²) in [4.78, 5) is 7.73. The van der Waals surface area contributed by atoms with E-state index in [0.717, 1.165) is 6.20 Å². The molecule has 0 aliphatic rings. The van der Waals surface area contributed by atoms with Gasteiger partial charge in [-0.2, -0.15) is 0 Å². The van der Waals surface area contributed by atoms with Gasteiger partial charge < -0.3 is 5.43 Å². The smallest absolute Gasteiger partial charge is 0.150 e. The highest BCUT2D eigenvalue weighted by Crippen LogP contribution is 2.21. The fourth-order valence-electron chi connectivity index (χ4n) is 1.25. The molecule has 2 aromatic heterocycles. The van der Waals surface area contributed by atoms with Crippen molar-refractivity contribution in [3.63, 3.8) is 0 Å². The fourth-order valence-corrected chi connectivity index (χ4v) is 1.25. The topological polar surface area (TPSA) is 63.8 Å². The summed E-state index contributed by atoms with van der Waals surface area (Å²) < 4.78 is 13.4. The van der Waals surface area contributed by atoms with Gasteiger partial charge in [0.15, 0.2) is 5.82 Å². The van der Waals surface area contributed by atoms with Crippen LogP contribution in [-0.4, -0.2) is 9.97 Å². The number of hydrogen-bond acceptors (Lipinski definition) is 4. The van der Waals surface area contributed by atoms with E-state index in [9.17, 15) is 4.39 Å². The van der Waals surface area contributed by atoms with E-state index in [1.165, 1.54) is 6.20 Å². The van der Waals surface area contributed by atoms with Crippen LogP contribution in [0.5, 0.6) is 0 Å². The number of nitrogens with one attached hydrogen (secondary N) is 1. The van der Waals surface area contributed by atoms with E-state index in [0.29, 0.717) is 16.9 Å². The van der Waals surface area contributed by atoms with Gasteiger partial charge in [-0.3, -0.25) is 15.8 Å². The van der Waals surface area contributed by atoms with E-state index >= 15 is 0 Å². The minimum atomic E-state index is -0.404. The molecule has 76 valence electrons. The van der Waals surface area contributed by atoms with Gasteiger partial charge in [-0.05, 0) is 18.2 Å². The van der Waals surface area contributed by atoms with Crippen LogP contribution in [0.4, 0.5) is 10.1 Å². The number of anilines is 1. The molecule has 0 aromatic carbocycles. The molecule has 0 radical (unpaired) electrons. The Morgan fingerprint density at radius 1 is 1.27 bits per heavy atom. The highest BCUT2D eigenvalue weighted by Gasteiger charge is 2.05. The maximum atomic E-state index is 13.4. The van der Waals surface area contributed by atoms with Crippen molar-refractivity contribution in [3.8, 4) is 11.3 Å². The number of pyridine rings is 2. The van der Waals surface area contributed by atoms with Crippen molar-refractivity contribution >= 4 is 5.69 Å². The van der Waals surface area contributed by atoms with Crippen LogP contribution in [0.15, 0.2) is 36.8 Å². The maximum absolute atomic E-state index is 13.4. The molecule has 3 N–H and O–H groups in total. The second kappa shape index (κ2) is 4.02. The molecule has 0 spiro atoms. The van der Waals surface area contributed by atoms with Crippen LogP contribution in [0, 0.1) is 5.82 Å². The first-order valence-electron chi connectivity index (χ1n) is 4.34. The molecule has 0 amide bonds. The normalized spacial score (nSPS) is 10.0. The van der Waals surface area contributed by atoms with Gasteiger partial charge in [-0.15, -0.1) is 0 Å². The summed E-state index contributed by atoms with van der Waals surface area (Å²) in [6.07, 6.45) is 4.23. The molecule has 0 aliphatic heterocycles. The van der Waals surface area contributed by atoms with Gasteiger partial charge in [0.2, 0.25) is 0 Å². The second-order valence-corrected chi connectivity index (χ2v) is 2.93. The van der Waals surface area contributed by atoms with Crippen molar-refractivity contribution in [2.45, 2.75) is 0 Å². The van der Waals surface area contributed by atoms with Gasteiger partial charge in [-0.25, -0.2) is 4.39 Å². The highest BCUT2D eigenvalue weighted by molar-refractivity contribution is 5.63. The molecule has 2 rings (SSSR count). The summed E-state index contributed by atoms with van der Waals surface area (Å²) >= 11 is 0. The zero-order chi connectivity index (χ0) is 10.7. The van der Waals surface area contributed by atoms with Gasteiger partial charge in [0, 0.05) is 18.0 Å². The molecule has 5 heteroatoms. The molecule has 0 bridgehead atoms. The second-order valence-electron chi connectivity index (χ2n) is 2.93. The maximum Gasteiger partial charge on any atom is 0.150 e. The molecule has 0 fully saturated rings. The molecule has 15 heavy (non-hydrogen) atoms. The number of rotatable bonds is 2. The van der Waals surface area contributed by atoms with Crippen LogP contribution in [0.2, 0.25) is 0 Å². The molecule has 0 saturated carbocycles. The summed E-state index contributed by atoms with van der Waals surface area (Å²) in [5.74, 6) is 4.85. The van der Waals surface area contributed by atoms with Crippen LogP contribution in [0.25, 0.3) is 11.3 Å². The molecule has 0 atom stereocenters. The molecule has 2 aromatic rings. The highest BCUT2D eigenvalue weighted by atomic mass is 19.1. The van der Waals surface area contributed by atoms with E-state index in [1.807, 2.05) is 0 Å². The largest absolute Gasteiger partial charge is 0.324 e. The van der Waals surface area contributed by atoms with Crippen molar-refractivity contribution < 1.29 is 4.39 Å². The summed E-state index contributed by atoms with van der Waals surface area (Å²) in [5, 5.41) is 0. The van der Waals surface area contributed by atoms with E-state index < -0.39 is 5.82 Å². The number of aromatic nitrogens is 2. The van der Waals surface area contributed by atoms with E-state index in [1.54, 1.807) is 24.4 Å². The van der Waals surface area contributed by atoms with E-state index in [2.05, 4.69) is 15.4 Å². The minimum absolute atomic E-state index is 0.404. The van der Waals surface area contributed by atoms with E-state index in [4.69, 9.17) is 5.84 Å². The quantitative estimate of drug-likeness (QED) is 0.575. The summed E-state index contributed by atoms with van der Waals surface area (Å²) in [7, 11) is 0. The first kappa shape index (κ1) is 9.54. The predicted molar refractivity (Wildman–Crippen MR) is 55.2 cm³/mol. The first-order valence-corrected chi connectivity index (χ1v) is 4.34. The third kappa shape index (κ3) is 1.92. The van der Waals surface area contributed by atoms with Crippen LogP contribution in [0.3, 0.4) is 0 Å². The molecule has 0 unspecified atom stereocenters. The lowest BCUT2D eigenvalue weighted by Gasteiger charge is -2.04. The third-order valence-corrected chi connectivity index (χ3v) is 1.98. The van der Waals surface area contributed by atoms with Crippen molar-refractivity contribution in [3.05, 3.63) is 42.6 Å². The van der Waals surface area contributed by atoms with Crippen LogP contribution in [-0.2, 0) is 0 Å². The lowest BCUT2D eigenvalue weighted by molar-refractivity contribution is 0.624. The average Bonchev–Trinajstić information content (AvgIpc) is 2.30. The Morgan fingerprint density at radius 2 is 2.13 bits per heavy atom. The molecule has 4 nitrogen and oxygen atoms in total. The molecular weight excluding hydrogens is 195 g/mol. The minimum Gasteiger partial charge on any atom is -0.324 e. The Balaban J connectivity index is 2.49. The van der Waals surface area contributed by atoms with Crippen LogP contribution < -0.4 is 11.3 Å². The Labute approximate surface area is 86.0 Å². The zero-order valence-corrected chi connectivity index (χ0v) is 7.81. The Kier molecular flexibility index (Phi) is 2.55. The fraction of sp³-hybridized carbons (Fsp3) is 0. The number of nitrogens with zero attached hydrogens (tertiary/aromatic N) is 2. The lowest BCUT2D eigenvalue weighted by atomic mass is 10.1.